The van der Waals surface area contributed by atoms with E-state index in [0.717, 1.165) is 21.7 Å². The highest BCUT2D eigenvalue weighted by molar-refractivity contribution is 8.06. The van der Waals surface area contributed by atoms with Gasteiger partial charge in [0.25, 0.3) is 0 Å². The van der Waals surface area contributed by atoms with E-state index in [4.69, 9.17) is 0 Å². The molecule has 0 atom stereocenters. The molecule has 0 radical (unpaired) electrons. The van der Waals surface area contributed by atoms with Crippen LogP contribution in [0.15, 0.2) is 64.0 Å². The predicted octanol–water partition coefficient (Wildman–Crippen LogP) is 4.12. The van der Waals surface area contributed by atoms with Crippen molar-refractivity contribution in [1.29, 1.82) is 0 Å². The Balaban J connectivity index is 3.29. The second-order valence-corrected chi connectivity index (χ2v) is 4.20. The van der Waals surface area contributed by atoms with Crippen molar-refractivity contribution >= 4 is 17.7 Å². The molecule has 0 saturated carbocycles. The minimum atomic E-state index is 0.113. The Morgan fingerprint density at radius 3 is 2.56 bits per heavy atom. The molecule has 1 rings (SSSR count). The molecule has 84 valence electrons. The van der Waals surface area contributed by atoms with Gasteiger partial charge in [-0.1, -0.05) is 43.7 Å². The SMILES string of the molecule is C=CSC(/C(C=C)=C\C)=C1\N=C(O)CC1=C. The van der Waals surface area contributed by atoms with E-state index in [9.17, 15) is 5.11 Å². The molecule has 0 saturated heterocycles. The van der Waals surface area contributed by atoms with Crippen molar-refractivity contribution in [2.45, 2.75) is 13.3 Å². The molecule has 0 unspecified atom stereocenters. The standard InChI is InChI=1S/C13H15NOS/c1-5-10(6-2)13(16-7-3)12-9(4)8-11(15)14-12/h5-7H,1,3-4,8H2,2H3,(H,14,15)/b10-6-,13-12-. The van der Waals surface area contributed by atoms with Crippen LogP contribution in [-0.4, -0.2) is 11.0 Å². The summed E-state index contributed by atoms with van der Waals surface area (Å²) < 4.78 is 0. The molecule has 0 fully saturated rings. The number of thioether (sulfide) groups is 1. The van der Waals surface area contributed by atoms with Gasteiger partial charge in [0.2, 0.25) is 0 Å². The number of hydrogen-bond acceptors (Lipinski definition) is 2. The maximum Gasteiger partial charge on any atom is 0.190 e. The molecule has 0 amide bonds. The van der Waals surface area contributed by atoms with Crippen LogP contribution in [0.2, 0.25) is 0 Å². The van der Waals surface area contributed by atoms with E-state index in [1.165, 1.54) is 11.8 Å². The van der Waals surface area contributed by atoms with Crippen LogP contribution in [0.3, 0.4) is 0 Å². The van der Waals surface area contributed by atoms with Crippen molar-refractivity contribution in [2.75, 3.05) is 0 Å². The van der Waals surface area contributed by atoms with Crippen molar-refractivity contribution in [3.05, 3.63) is 59.0 Å². The second kappa shape index (κ2) is 5.56. The molecule has 2 nitrogen and oxygen atoms in total. The van der Waals surface area contributed by atoms with Crippen LogP contribution in [0, 0.1) is 0 Å². The first kappa shape index (κ1) is 12.6. The van der Waals surface area contributed by atoms with Gasteiger partial charge >= 0.3 is 0 Å². The molecule has 1 aliphatic rings. The summed E-state index contributed by atoms with van der Waals surface area (Å²) in [7, 11) is 0. The number of aliphatic hydroxyl groups excluding tert-OH is 1. The fourth-order valence-corrected chi connectivity index (χ4v) is 2.22. The first-order valence-electron chi connectivity index (χ1n) is 4.89. The zero-order chi connectivity index (χ0) is 12.1. The highest BCUT2D eigenvalue weighted by Crippen LogP contribution is 2.35. The molecule has 1 aliphatic heterocycles. The third-order valence-corrected chi connectivity index (χ3v) is 2.99. The zero-order valence-electron chi connectivity index (χ0n) is 9.36. The van der Waals surface area contributed by atoms with Crippen molar-refractivity contribution in [3.63, 3.8) is 0 Å². The summed E-state index contributed by atoms with van der Waals surface area (Å²) in [6.45, 7) is 13.3. The van der Waals surface area contributed by atoms with E-state index in [1.54, 1.807) is 11.5 Å². The van der Waals surface area contributed by atoms with E-state index in [1.807, 2.05) is 13.0 Å². The third-order valence-electron chi connectivity index (χ3n) is 2.16. The molecule has 0 aromatic carbocycles. The Hall–Kier alpha value is -1.48. The summed E-state index contributed by atoms with van der Waals surface area (Å²) in [5.41, 5.74) is 2.53. The average Bonchev–Trinajstić information content (AvgIpc) is 2.58. The van der Waals surface area contributed by atoms with Crippen molar-refractivity contribution in [3.8, 4) is 0 Å². The molecule has 0 aromatic heterocycles. The Bertz CT molecular complexity index is 427. The quantitative estimate of drug-likeness (QED) is 0.741. The highest BCUT2D eigenvalue weighted by Gasteiger charge is 2.19. The van der Waals surface area contributed by atoms with E-state index in [0.29, 0.717) is 6.42 Å². The first-order valence-corrected chi connectivity index (χ1v) is 5.77. The monoisotopic (exact) mass is 233 g/mol. The lowest BCUT2D eigenvalue weighted by Crippen LogP contribution is -1.88. The Morgan fingerprint density at radius 1 is 1.50 bits per heavy atom. The molecule has 0 aromatic rings. The average molecular weight is 233 g/mol. The molecule has 16 heavy (non-hydrogen) atoms. The van der Waals surface area contributed by atoms with Crippen LogP contribution in [-0.2, 0) is 0 Å². The molecular weight excluding hydrogens is 218 g/mol. The smallest absolute Gasteiger partial charge is 0.190 e. The van der Waals surface area contributed by atoms with E-state index in [2.05, 4.69) is 24.7 Å². The van der Waals surface area contributed by atoms with Gasteiger partial charge in [-0.25, -0.2) is 4.99 Å². The Kier molecular flexibility index (Phi) is 4.38. The van der Waals surface area contributed by atoms with Crippen LogP contribution in [0.25, 0.3) is 0 Å². The maximum absolute atomic E-state index is 9.39. The summed E-state index contributed by atoms with van der Waals surface area (Å²) >= 11 is 1.46. The lowest BCUT2D eigenvalue weighted by molar-refractivity contribution is 0.544. The van der Waals surface area contributed by atoms with Crippen LogP contribution in [0.1, 0.15) is 13.3 Å². The Labute approximate surface area is 100 Å². The van der Waals surface area contributed by atoms with Crippen molar-refractivity contribution < 1.29 is 5.11 Å². The van der Waals surface area contributed by atoms with Gasteiger partial charge in [-0.05, 0) is 23.5 Å². The topological polar surface area (TPSA) is 32.6 Å². The molecule has 0 spiro atoms. The van der Waals surface area contributed by atoms with E-state index < -0.39 is 0 Å². The lowest BCUT2D eigenvalue weighted by Gasteiger charge is -2.08. The number of hydrogen-bond donors (Lipinski definition) is 1. The van der Waals surface area contributed by atoms with Gasteiger partial charge in [-0.3, -0.25) is 0 Å². The van der Waals surface area contributed by atoms with Crippen molar-refractivity contribution in [1.82, 2.24) is 0 Å². The maximum atomic E-state index is 9.39. The summed E-state index contributed by atoms with van der Waals surface area (Å²) in [5, 5.41) is 11.1. The van der Waals surface area contributed by atoms with Gasteiger partial charge < -0.3 is 5.11 Å². The number of aliphatic hydroxyl groups is 1. The predicted molar refractivity (Wildman–Crippen MR) is 72.6 cm³/mol. The van der Waals surface area contributed by atoms with E-state index >= 15 is 0 Å². The van der Waals surface area contributed by atoms with Gasteiger partial charge in [0.05, 0.1) is 12.1 Å². The first-order chi connectivity index (χ1) is 7.63. The molecule has 1 heterocycles. The van der Waals surface area contributed by atoms with Crippen molar-refractivity contribution in [2.24, 2.45) is 4.99 Å². The summed E-state index contributed by atoms with van der Waals surface area (Å²) in [6.07, 6.45) is 4.13. The van der Waals surface area contributed by atoms with Crippen LogP contribution in [0.5, 0.6) is 0 Å². The fraction of sp³-hybridized carbons (Fsp3) is 0.154. The third kappa shape index (κ3) is 2.55. The van der Waals surface area contributed by atoms with Gasteiger partial charge in [0, 0.05) is 4.91 Å². The lowest BCUT2D eigenvalue weighted by atomic mass is 10.1. The molecule has 0 aliphatic carbocycles. The minimum absolute atomic E-state index is 0.113. The largest absolute Gasteiger partial charge is 0.496 e. The number of aliphatic imine (C=N–C) groups is 1. The van der Waals surface area contributed by atoms with Crippen LogP contribution >= 0.6 is 11.8 Å². The highest BCUT2D eigenvalue weighted by atomic mass is 32.2. The summed E-state index contributed by atoms with van der Waals surface area (Å²) in [4.78, 5) is 5.03. The molecule has 1 N–H and O–H groups in total. The van der Waals surface area contributed by atoms with Gasteiger partial charge in [-0.2, -0.15) is 0 Å². The minimum Gasteiger partial charge on any atom is -0.496 e. The molecule has 3 heteroatoms. The second-order valence-electron chi connectivity index (χ2n) is 3.22. The Morgan fingerprint density at radius 2 is 2.19 bits per heavy atom. The number of nitrogens with zero attached hydrogens (tertiary/aromatic N) is 1. The van der Waals surface area contributed by atoms with Crippen LogP contribution in [0.4, 0.5) is 0 Å². The van der Waals surface area contributed by atoms with Gasteiger partial charge in [0.1, 0.15) is 0 Å². The number of allylic oxidation sites excluding steroid dienone is 4. The number of rotatable bonds is 4. The zero-order valence-corrected chi connectivity index (χ0v) is 10.2. The van der Waals surface area contributed by atoms with Gasteiger partial charge in [-0.15, -0.1) is 0 Å². The molecule has 0 bridgehead atoms. The normalized spacial score (nSPS) is 19.4. The molecular formula is C13H15NOS. The summed E-state index contributed by atoms with van der Waals surface area (Å²) in [6, 6.07) is 0. The fourth-order valence-electron chi connectivity index (χ4n) is 1.42. The van der Waals surface area contributed by atoms with Crippen LogP contribution < -0.4 is 0 Å². The summed E-state index contributed by atoms with van der Waals surface area (Å²) in [5.74, 6) is 0.113. The van der Waals surface area contributed by atoms with Gasteiger partial charge in [0.15, 0.2) is 5.90 Å². The van der Waals surface area contributed by atoms with E-state index in [-0.39, 0.29) is 5.90 Å².